The highest BCUT2D eigenvalue weighted by molar-refractivity contribution is 5.33. The first-order valence-corrected chi connectivity index (χ1v) is 10.2. The van der Waals surface area contributed by atoms with Gasteiger partial charge in [-0.05, 0) is 53.7 Å². The van der Waals surface area contributed by atoms with Gasteiger partial charge in [-0.2, -0.15) is 0 Å². The van der Waals surface area contributed by atoms with E-state index in [0.29, 0.717) is 24.4 Å². The highest BCUT2D eigenvalue weighted by Crippen LogP contribution is 2.56. The number of benzene rings is 2. The predicted octanol–water partition coefficient (Wildman–Crippen LogP) is 4.86. The van der Waals surface area contributed by atoms with Crippen LogP contribution in [0.1, 0.15) is 42.9 Å². The summed E-state index contributed by atoms with van der Waals surface area (Å²) in [6.45, 7) is 1.14. The van der Waals surface area contributed by atoms with Crippen LogP contribution in [0.2, 0.25) is 0 Å². The lowest BCUT2D eigenvalue weighted by Crippen LogP contribution is -2.24. The average molecular weight is 361 g/mol. The van der Waals surface area contributed by atoms with E-state index in [-0.39, 0.29) is 6.04 Å². The van der Waals surface area contributed by atoms with E-state index in [9.17, 15) is 5.11 Å². The van der Waals surface area contributed by atoms with Crippen molar-refractivity contribution in [2.75, 3.05) is 6.61 Å². The minimum atomic E-state index is 0.198. The lowest BCUT2D eigenvalue weighted by molar-refractivity contribution is -0.130. The second-order valence-electron chi connectivity index (χ2n) is 8.17. The molecule has 3 nitrogen and oxygen atoms in total. The highest BCUT2D eigenvalue weighted by atomic mass is 16.7. The molecule has 0 amide bonds. The van der Waals surface area contributed by atoms with Gasteiger partial charge in [-0.1, -0.05) is 60.7 Å². The molecule has 1 aliphatic heterocycles. The van der Waals surface area contributed by atoms with E-state index in [1.807, 2.05) is 0 Å². The first-order valence-electron chi connectivity index (χ1n) is 10.2. The molecule has 27 heavy (non-hydrogen) atoms. The highest BCUT2D eigenvalue weighted by Gasteiger charge is 2.50. The number of fused-ring (bicyclic) bond motifs is 1. The average Bonchev–Trinajstić information content (AvgIpc) is 3.27. The van der Waals surface area contributed by atoms with Crippen molar-refractivity contribution in [1.82, 2.24) is 5.06 Å². The molecule has 1 saturated carbocycles. The molecule has 4 atom stereocenters. The van der Waals surface area contributed by atoms with Gasteiger partial charge in [0.15, 0.2) is 0 Å². The molecule has 3 heteroatoms. The largest absolute Gasteiger partial charge is 0.409 e. The van der Waals surface area contributed by atoms with E-state index >= 15 is 0 Å². The van der Waals surface area contributed by atoms with Crippen molar-refractivity contribution in [3.63, 3.8) is 0 Å². The maximum absolute atomic E-state index is 9.61. The number of hydrogen-bond acceptors (Lipinski definition) is 3. The zero-order valence-corrected chi connectivity index (χ0v) is 15.6. The van der Waals surface area contributed by atoms with Crippen molar-refractivity contribution in [2.24, 2.45) is 17.8 Å². The van der Waals surface area contributed by atoms with Crippen LogP contribution in [0.15, 0.2) is 72.0 Å². The van der Waals surface area contributed by atoms with Crippen LogP contribution in [0.3, 0.4) is 0 Å². The van der Waals surface area contributed by atoms with Crippen molar-refractivity contribution < 1.29 is 9.94 Å². The van der Waals surface area contributed by atoms with Crippen LogP contribution < -0.4 is 0 Å². The summed E-state index contributed by atoms with van der Waals surface area (Å²) in [5.41, 5.74) is 4.04. The lowest BCUT2D eigenvalue weighted by Gasteiger charge is -2.25. The van der Waals surface area contributed by atoms with Gasteiger partial charge in [0.2, 0.25) is 0 Å². The third kappa shape index (κ3) is 3.19. The number of nitrogens with zero attached hydrogens (tertiary/aromatic N) is 1. The molecule has 2 aromatic carbocycles. The monoisotopic (exact) mass is 361 g/mol. The number of allylic oxidation sites excluding steroid dienone is 1. The third-order valence-corrected chi connectivity index (χ3v) is 6.67. The standard InChI is InChI=1S/C24H27NO2/c26-16-22-19-11-12-21-23(14-13-20(19)22)27-25(15-17-7-3-1-4-8-17)24(21)18-9-5-2-6-10-18/h1-10,19-20,22,24,26H,11-16H2. The second kappa shape index (κ2) is 7.14. The van der Waals surface area contributed by atoms with Crippen molar-refractivity contribution >= 4 is 0 Å². The summed E-state index contributed by atoms with van der Waals surface area (Å²) in [4.78, 5) is 6.46. The van der Waals surface area contributed by atoms with Gasteiger partial charge < -0.3 is 9.94 Å². The van der Waals surface area contributed by atoms with Crippen LogP contribution in [0.5, 0.6) is 0 Å². The van der Waals surface area contributed by atoms with Gasteiger partial charge in [-0.15, -0.1) is 5.06 Å². The maximum atomic E-state index is 9.61. The molecule has 0 spiro atoms. The Morgan fingerprint density at radius 1 is 0.889 bits per heavy atom. The summed E-state index contributed by atoms with van der Waals surface area (Å²) >= 11 is 0. The SMILES string of the molecule is OCC1C2CCC3=C(CCC12)C(c1ccccc1)N(Cc1ccccc1)O3. The fourth-order valence-corrected chi connectivity index (χ4v) is 5.22. The van der Waals surface area contributed by atoms with Gasteiger partial charge in [0.1, 0.15) is 5.76 Å². The van der Waals surface area contributed by atoms with Crippen LogP contribution in [0.25, 0.3) is 0 Å². The second-order valence-corrected chi connectivity index (χ2v) is 8.17. The van der Waals surface area contributed by atoms with E-state index in [0.717, 1.165) is 25.8 Å². The van der Waals surface area contributed by atoms with E-state index < -0.39 is 0 Å². The van der Waals surface area contributed by atoms with E-state index in [4.69, 9.17) is 4.84 Å². The molecule has 5 rings (SSSR count). The minimum Gasteiger partial charge on any atom is -0.409 e. The molecule has 0 radical (unpaired) electrons. The molecular formula is C24H27NO2. The third-order valence-electron chi connectivity index (χ3n) is 6.67. The van der Waals surface area contributed by atoms with Gasteiger partial charge in [0.25, 0.3) is 0 Å². The molecule has 4 unspecified atom stereocenters. The maximum Gasteiger partial charge on any atom is 0.125 e. The molecule has 0 saturated heterocycles. The summed E-state index contributed by atoms with van der Waals surface area (Å²) in [6.07, 6.45) is 4.41. The molecule has 2 aromatic rings. The summed E-state index contributed by atoms with van der Waals surface area (Å²) in [5.74, 6) is 3.12. The number of aliphatic hydroxyl groups is 1. The van der Waals surface area contributed by atoms with Crippen LogP contribution in [-0.4, -0.2) is 16.8 Å². The number of aliphatic hydroxyl groups excluding tert-OH is 1. The Morgan fingerprint density at radius 2 is 1.56 bits per heavy atom. The van der Waals surface area contributed by atoms with Crippen molar-refractivity contribution in [2.45, 2.75) is 38.3 Å². The van der Waals surface area contributed by atoms with Crippen molar-refractivity contribution in [1.29, 1.82) is 0 Å². The summed E-state index contributed by atoms with van der Waals surface area (Å²) in [6, 6.07) is 21.5. The number of rotatable bonds is 4. The number of hydroxylamine groups is 2. The van der Waals surface area contributed by atoms with E-state index in [1.165, 1.54) is 28.9 Å². The molecule has 1 fully saturated rings. The molecule has 0 bridgehead atoms. The molecule has 1 N–H and O–H groups in total. The van der Waals surface area contributed by atoms with Gasteiger partial charge in [0, 0.05) is 13.0 Å². The van der Waals surface area contributed by atoms with Gasteiger partial charge in [-0.25, -0.2) is 0 Å². The number of hydrogen-bond donors (Lipinski definition) is 1. The zero-order chi connectivity index (χ0) is 18.2. The quantitative estimate of drug-likeness (QED) is 0.844. The zero-order valence-electron chi connectivity index (χ0n) is 15.6. The van der Waals surface area contributed by atoms with E-state index in [1.54, 1.807) is 0 Å². The van der Waals surface area contributed by atoms with Crippen molar-refractivity contribution in [3.05, 3.63) is 83.1 Å². The Morgan fingerprint density at radius 3 is 2.26 bits per heavy atom. The smallest absolute Gasteiger partial charge is 0.125 e. The summed E-state index contributed by atoms with van der Waals surface area (Å²) in [5, 5.41) is 11.8. The molecule has 140 valence electrons. The Balaban J connectivity index is 1.43. The Kier molecular flexibility index (Phi) is 4.50. The summed E-state index contributed by atoms with van der Waals surface area (Å²) < 4.78 is 0. The Bertz CT molecular complexity index is 817. The molecule has 2 aliphatic carbocycles. The predicted molar refractivity (Wildman–Crippen MR) is 105 cm³/mol. The molecule has 0 aromatic heterocycles. The summed E-state index contributed by atoms with van der Waals surface area (Å²) in [7, 11) is 0. The van der Waals surface area contributed by atoms with Crippen LogP contribution in [0.4, 0.5) is 0 Å². The van der Waals surface area contributed by atoms with Crippen LogP contribution >= 0.6 is 0 Å². The van der Waals surface area contributed by atoms with Crippen LogP contribution in [-0.2, 0) is 11.4 Å². The van der Waals surface area contributed by atoms with Gasteiger partial charge in [0.05, 0.1) is 12.6 Å². The first-order chi connectivity index (χ1) is 13.3. The molecule has 3 aliphatic rings. The normalized spacial score (nSPS) is 30.1. The first kappa shape index (κ1) is 17.0. The van der Waals surface area contributed by atoms with Gasteiger partial charge in [-0.3, -0.25) is 0 Å². The fraction of sp³-hybridized carbons (Fsp3) is 0.417. The lowest BCUT2D eigenvalue weighted by atomic mass is 9.90. The van der Waals surface area contributed by atoms with Crippen molar-refractivity contribution in [3.8, 4) is 0 Å². The van der Waals surface area contributed by atoms with E-state index in [2.05, 4.69) is 65.7 Å². The Hall–Kier alpha value is -2.10. The molecule has 1 heterocycles. The topological polar surface area (TPSA) is 32.7 Å². The molecular weight excluding hydrogens is 334 g/mol. The van der Waals surface area contributed by atoms with Crippen LogP contribution in [0, 0.1) is 17.8 Å². The Labute approximate surface area is 161 Å². The fourth-order valence-electron chi connectivity index (χ4n) is 5.22. The minimum absolute atomic E-state index is 0.198. The van der Waals surface area contributed by atoms with Gasteiger partial charge >= 0.3 is 0 Å².